The molecule has 0 saturated carbocycles. The maximum absolute atomic E-state index is 6.24. The van der Waals surface area contributed by atoms with E-state index in [1.165, 1.54) is 5.39 Å². The van der Waals surface area contributed by atoms with Crippen LogP contribution in [0.15, 0.2) is 43.0 Å². The molecule has 0 spiro atoms. The smallest absolute Gasteiger partial charge is 0.0946 e. The summed E-state index contributed by atoms with van der Waals surface area (Å²) in [6.07, 6.45) is 5.74. The third-order valence-corrected chi connectivity index (χ3v) is 3.29. The summed E-state index contributed by atoms with van der Waals surface area (Å²) in [6.45, 7) is 0.781. The number of benzene rings is 1. The van der Waals surface area contributed by atoms with Crippen LogP contribution < -0.4 is 0 Å². The molecule has 3 nitrogen and oxygen atoms in total. The second kappa shape index (κ2) is 3.93. The summed E-state index contributed by atoms with van der Waals surface area (Å²) in [6, 6.07) is 8.04. The van der Waals surface area contributed by atoms with Crippen molar-refractivity contribution in [3.8, 4) is 0 Å². The maximum Gasteiger partial charge on any atom is 0.0946 e. The van der Waals surface area contributed by atoms with Gasteiger partial charge in [-0.3, -0.25) is 0 Å². The summed E-state index contributed by atoms with van der Waals surface area (Å²) in [5, 5.41) is 1.95. The number of hydrogen-bond acceptors (Lipinski definition) is 1. The molecule has 0 amide bonds. The van der Waals surface area contributed by atoms with Gasteiger partial charge in [-0.15, -0.1) is 0 Å². The number of aryl methyl sites for hydroxylation is 1. The van der Waals surface area contributed by atoms with Gasteiger partial charge in [0.2, 0.25) is 0 Å². The molecular weight excluding hydrogens is 234 g/mol. The fourth-order valence-corrected chi connectivity index (χ4v) is 2.35. The van der Waals surface area contributed by atoms with Crippen LogP contribution in [-0.2, 0) is 13.6 Å². The lowest BCUT2D eigenvalue weighted by molar-refractivity contribution is 0.744. The number of rotatable bonds is 2. The molecule has 0 N–H and O–H groups in total. The van der Waals surface area contributed by atoms with E-state index in [0.717, 1.165) is 22.8 Å². The summed E-state index contributed by atoms with van der Waals surface area (Å²) in [5.74, 6) is 0. The topological polar surface area (TPSA) is 22.8 Å². The fourth-order valence-electron chi connectivity index (χ4n) is 2.06. The van der Waals surface area contributed by atoms with Gasteiger partial charge in [-0.1, -0.05) is 23.7 Å². The van der Waals surface area contributed by atoms with Gasteiger partial charge in [-0.25, -0.2) is 4.98 Å². The van der Waals surface area contributed by atoms with E-state index in [9.17, 15) is 0 Å². The highest BCUT2D eigenvalue weighted by Crippen LogP contribution is 2.24. The average Bonchev–Trinajstić information content (AvgIpc) is 2.89. The van der Waals surface area contributed by atoms with Crippen molar-refractivity contribution in [2.24, 2.45) is 7.05 Å². The van der Waals surface area contributed by atoms with Crippen LogP contribution in [0.3, 0.4) is 0 Å². The van der Waals surface area contributed by atoms with Gasteiger partial charge in [0.15, 0.2) is 0 Å². The van der Waals surface area contributed by atoms with Crippen molar-refractivity contribution in [3.63, 3.8) is 0 Å². The lowest BCUT2D eigenvalue weighted by Gasteiger charge is -2.07. The number of hydrogen-bond donors (Lipinski definition) is 0. The van der Waals surface area contributed by atoms with Crippen LogP contribution >= 0.6 is 11.6 Å². The van der Waals surface area contributed by atoms with E-state index in [1.54, 1.807) is 0 Å². The Balaban J connectivity index is 2.10. The molecule has 0 bridgehead atoms. The van der Waals surface area contributed by atoms with Crippen molar-refractivity contribution >= 4 is 22.5 Å². The highest BCUT2D eigenvalue weighted by molar-refractivity contribution is 6.35. The van der Waals surface area contributed by atoms with Gasteiger partial charge in [0.1, 0.15) is 0 Å². The zero-order chi connectivity index (χ0) is 11.8. The Morgan fingerprint density at radius 2 is 2.18 bits per heavy atom. The molecule has 0 unspecified atom stereocenters. The first kappa shape index (κ1) is 10.4. The van der Waals surface area contributed by atoms with E-state index in [2.05, 4.69) is 27.9 Å². The first-order valence-corrected chi connectivity index (χ1v) is 5.82. The van der Waals surface area contributed by atoms with Crippen molar-refractivity contribution in [2.75, 3.05) is 0 Å². The predicted octanol–water partition coefficient (Wildman–Crippen LogP) is 3.08. The minimum atomic E-state index is 0.781. The quantitative estimate of drug-likeness (QED) is 0.680. The number of aromatic nitrogens is 3. The van der Waals surface area contributed by atoms with Gasteiger partial charge in [-0.05, 0) is 12.1 Å². The van der Waals surface area contributed by atoms with Crippen LogP contribution in [0.25, 0.3) is 10.9 Å². The molecule has 0 saturated heterocycles. The van der Waals surface area contributed by atoms with E-state index in [0.29, 0.717) is 0 Å². The highest BCUT2D eigenvalue weighted by atomic mass is 35.5. The minimum absolute atomic E-state index is 0.781. The Bertz CT molecular complexity index is 666. The van der Waals surface area contributed by atoms with Crippen LogP contribution in [0.4, 0.5) is 0 Å². The standard InChI is InChI=1S/C13H12ClN3/c1-16-9-15-7-11(16)8-17-6-5-10-3-2-4-12(14)13(10)17/h2-7,9H,8H2,1H3. The molecule has 86 valence electrons. The molecule has 0 aliphatic carbocycles. The van der Waals surface area contributed by atoms with Gasteiger partial charge in [0.25, 0.3) is 0 Å². The second-order valence-electron chi connectivity index (χ2n) is 4.12. The average molecular weight is 246 g/mol. The van der Waals surface area contributed by atoms with E-state index >= 15 is 0 Å². The first-order chi connectivity index (χ1) is 8.25. The molecule has 2 aromatic heterocycles. The van der Waals surface area contributed by atoms with Crippen molar-refractivity contribution in [1.29, 1.82) is 0 Å². The molecule has 0 aliphatic heterocycles. The lowest BCUT2D eigenvalue weighted by atomic mass is 10.2. The van der Waals surface area contributed by atoms with Gasteiger partial charge in [0, 0.05) is 24.8 Å². The second-order valence-corrected chi connectivity index (χ2v) is 4.52. The van der Waals surface area contributed by atoms with Gasteiger partial charge < -0.3 is 9.13 Å². The zero-order valence-electron chi connectivity index (χ0n) is 9.47. The van der Waals surface area contributed by atoms with Crippen LogP contribution in [0.5, 0.6) is 0 Å². The number of imidazole rings is 1. The number of fused-ring (bicyclic) bond motifs is 1. The molecule has 2 heterocycles. The third kappa shape index (κ3) is 1.72. The molecule has 0 fully saturated rings. The predicted molar refractivity (Wildman–Crippen MR) is 69.3 cm³/mol. The van der Waals surface area contributed by atoms with Crippen LogP contribution in [0.1, 0.15) is 5.69 Å². The van der Waals surface area contributed by atoms with E-state index in [1.807, 2.05) is 36.3 Å². The Labute approximate surface area is 104 Å². The van der Waals surface area contributed by atoms with Gasteiger partial charge >= 0.3 is 0 Å². The van der Waals surface area contributed by atoms with Crippen LogP contribution in [-0.4, -0.2) is 14.1 Å². The molecule has 3 aromatic rings. The first-order valence-electron chi connectivity index (χ1n) is 5.44. The maximum atomic E-state index is 6.24. The zero-order valence-corrected chi connectivity index (χ0v) is 10.2. The monoisotopic (exact) mass is 245 g/mol. The van der Waals surface area contributed by atoms with Crippen molar-refractivity contribution in [3.05, 3.63) is 53.7 Å². The molecular formula is C13H12ClN3. The Morgan fingerprint density at radius 3 is 2.94 bits per heavy atom. The normalized spacial score (nSPS) is 11.2. The molecule has 3 rings (SSSR count). The fraction of sp³-hybridized carbons (Fsp3) is 0.154. The SMILES string of the molecule is Cn1cncc1Cn1ccc2cccc(Cl)c21. The van der Waals surface area contributed by atoms with Crippen LogP contribution in [0.2, 0.25) is 5.02 Å². The lowest BCUT2D eigenvalue weighted by Crippen LogP contribution is -2.02. The largest absolute Gasteiger partial charge is 0.340 e. The minimum Gasteiger partial charge on any atom is -0.340 e. The molecule has 0 radical (unpaired) electrons. The van der Waals surface area contributed by atoms with E-state index in [-0.39, 0.29) is 0 Å². The van der Waals surface area contributed by atoms with Crippen molar-refractivity contribution in [1.82, 2.24) is 14.1 Å². The Hall–Kier alpha value is -1.74. The van der Waals surface area contributed by atoms with E-state index < -0.39 is 0 Å². The number of nitrogens with zero attached hydrogens (tertiary/aromatic N) is 3. The van der Waals surface area contributed by atoms with Crippen molar-refractivity contribution in [2.45, 2.75) is 6.54 Å². The molecule has 0 atom stereocenters. The summed E-state index contributed by atoms with van der Waals surface area (Å²) >= 11 is 6.24. The molecule has 4 heteroatoms. The molecule has 17 heavy (non-hydrogen) atoms. The Morgan fingerprint density at radius 1 is 1.29 bits per heavy atom. The summed E-state index contributed by atoms with van der Waals surface area (Å²) in [7, 11) is 2.00. The van der Waals surface area contributed by atoms with Crippen molar-refractivity contribution < 1.29 is 0 Å². The summed E-state index contributed by atoms with van der Waals surface area (Å²) in [5.41, 5.74) is 2.23. The third-order valence-electron chi connectivity index (χ3n) is 2.99. The number of halogens is 1. The van der Waals surface area contributed by atoms with Gasteiger partial charge in [-0.2, -0.15) is 0 Å². The summed E-state index contributed by atoms with van der Waals surface area (Å²) in [4.78, 5) is 4.12. The number of para-hydroxylation sites is 1. The highest BCUT2D eigenvalue weighted by Gasteiger charge is 2.06. The van der Waals surface area contributed by atoms with E-state index in [4.69, 9.17) is 11.6 Å². The molecule has 1 aromatic carbocycles. The van der Waals surface area contributed by atoms with Gasteiger partial charge in [0.05, 0.1) is 29.1 Å². The van der Waals surface area contributed by atoms with Crippen LogP contribution in [0, 0.1) is 0 Å². The summed E-state index contributed by atoms with van der Waals surface area (Å²) < 4.78 is 4.16. The Kier molecular flexibility index (Phi) is 2.41. The molecule has 0 aliphatic rings.